The molecule has 1 heterocycles. The molecule has 1 amide bonds. The normalized spacial score (nSPS) is 27.4. The van der Waals surface area contributed by atoms with Crippen molar-refractivity contribution >= 4 is 5.91 Å². The molecule has 1 aromatic rings. The Morgan fingerprint density at radius 3 is 2.94 bits per heavy atom. The molecule has 2 saturated carbocycles. The quantitative estimate of drug-likeness (QED) is 0.725. The topological polar surface area (TPSA) is 96.7 Å². The van der Waals surface area contributed by atoms with Gasteiger partial charge in [-0.15, -0.1) is 5.10 Å². The maximum absolute atomic E-state index is 12.0. The molecule has 4 N–H and O–H groups in total. The molecule has 6 heteroatoms. The Morgan fingerprint density at radius 2 is 2.22 bits per heavy atom. The summed E-state index contributed by atoms with van der Waals surface area (Å²) in [6, 6.07) is 0.186. The van der Waals surface area contributed by atoms with Crippen molar-refractivity contribution in [3.8, 4) is 0 Å². The SMILES string of the molecule is NCC1CCCC1NC(=O)c1n[nH]c(C2CC2)n1. The lowest BCUT2D eigenvalue weighted by Crippen LogP contribution is -2.40. The van der Waals surface area contributed by atoms with E-state index in [9.17, 15) is 4.79 Å². The van der Waals surface area contributed by atoms with Crippen molar-refractivity contribution in [3.63, 3.8) is 0 Å². The smallest absolute Gasteiger partial charge is 0.291 e. The maximum Gasteiger partial charge on any atom is 0.291 e. The summed E-state index contributed by atoms with van der Waals surface area (Å²) in [7, 11) is 0. The summed E-state index contributed by atoms with van der Waals surface area (Å²) >= 11 is 0. The van der Waals surface area contributed by atoms with E-state index in [1.165, 1.54) is 0 Å². The third-order valence-corrected chi connectivity index (χ3v) is 3.95. The fraction of sp³-hybridized carbons (Fsp3) is 0.750. The summed E-state index contributed by atoms with van der Waals surface area (Å²) < 4.78 is 0. The van der Waals surface area contributed by atoms with Crippen molar-refractivity contribution in [2.75, 3.05) is 6.54 Å². The average Bonchev–Trinajstić information content (AvgIpc) is 2.93. The van der Waals surface area contributed by atoms with Crippen molar-refractivity contribution in [2.45, 2.75) is 44.1 Å². The van der Waals surface area contributed by atoms with Gasteiger partial charge in [0.15, 0.2) is 0 Å². The molecule has 98 valence electrons. The standard InChI is InChI=1S/C12H19N5O/c13-6-8-2-1-3-9(8)14-12(18)11-15-10(16-17-11)7-4-5-7/h7-9H,1-6,13H2,(H,14,18)(H,15,16,17). The lowest BCUT2D eigenvalue weighted by Gasteiger charge is -2.18. The Bertz CT molecular complexity index is 439. The molecule has 0 spiro atoms. The molecule has 6 nitrogen and oxygen atoms in total. The Balaban J connectivity index is 1.62. The number of hydrogen-bond donors (Lipinski definition) is 3. The predicted molar refractivity (Wildman–Crippen MR) is 66.0 cm³/mol. The minimum absolute atomic E-state index is 0.177. The van der Waals surface area contributed by atoms with Crippen molar-refractivity contribution in [1.29, 1.82) is 0 Å². The van der Waals surface area contributed by atoms with Gasteiger partial charge in [-0.3, -0.25) is 9.89 Å². The van der Waals surface area contributed by atoms with Crippen LogP contribution in [0, 0.1) is 5.92 Å². The number of hydrogen-bond acceptors (Lipinski definition) is 4. The molecule has 0 aliphatic heterocycles. The Kier molecular flexibility index (Phi) is 3.03. The molecule has 0 saturated heterocycles. The van der Waals surface area contributed by atoms with Crippen molar-refractivity contribution < 1.29 is 4.79 Å². The van der Waals surface area contributed by atoms with E-state index in [1.807, 2.05) is 0 Å². The first-order chi connectivity index (χ1) is 8.78. The highest BCUT2D eigenvalue weighted by Crippen LogP contribution is 2.37. The third-order valence-electron chi connectivity index (χ3n) is 3.95. The number of amides is 1. The van der Waals surface area contributed by atoms with Gasteiger partial charge in [0.25, 0.3) is 5.91 Å². The second-order valence-corrected chi connectivity index (χ2v) is 5.33. The number of nitrogens with one attached hydrogen (secondary N) is 2. The first-order valence-electron chi connectivity index (χ1n) is 6.71. The van der Waals surface area contributed by atoms with Crippen LogP contribution in [0.1, 0.15) is 54.5 Å². The van der Waals surface area contributed by atoms with Crippen LogP contribution in [0.2, 0.25) is 0 Å². The van der Waals surface area contributed by atoms with E-state index in [4.69, 9.17) is 5.73 Å². The lowest BCUT2D eigenvalue weighted by atomic mass is 10.0. The van der Waals surface area contributed by atoms with Crippen molar-refractivity contribution in [1.82, 2.24) is 20.5 Å². The molecular formula is C12H19N5O. The summed E-state index contributed by atoms with van der Waals surface area (Å²) in [4.78, 5) is 16.3. The lowest BCUT2D eigenvalue weighted by molar-refractivity contribution is 0.0918. The average molecular weight is 249 g/mol. The van der Waals surface area contributed by atoms with E-state index in [-0.39, 0.29) is 17.8 Å². The second-order valence-electron chi connectivity index (χ2n) is 5.33. The molecule has 2 aliphatic rings. The fourth-order valence-electron chi connectivity index (χ4n) is 2.66. The molecular weight excluding hydrogens is 230 g/mol. The predicted octanol–water partition coefficient (Wildman–Crippen LogP) is 0.539. The largest absolute Gasteiger partial charge is 0.346 e. The monoisotopic (exact) mass is 249 g/mol. The van der Waals surface area contributed by atoms with Gasteiger partial charge in [0.1, 0.15) is 5.82 Å². The van der Waals surface area contributed by atoms with Gasteiger partial charge in [-0.2, -0.15) is 0 Å². The summed E-state index contributed by atoms with van der Waals surface area (Å²) in [6.45, 7) is 0.631. The molecule has 3 rings (SSSR count). The summed E-state index contributed by atoms with van der Waals surface area (Å²) in [5.74, 6) is 1.82. The molecule has 2 fully saturated rings. The molecule has 2 atom stereocenters. The van der Waals surface area contributed by atoms with Crippen LogP contribution in [-0.2, 0) is 0 Å². The molecule has 2 unspecified atom stereocenters. The Labute approximate surface area is 106 Å². The molecule has 1 aromatic heterocycles. The van der Waals surface area contributed by atoms with Gasteiger partial charge in [-0.25, -0.2) is 4.98 Å². The van der Waals surface area contributed by atoms with E-state index in [0.29, 0.717) is 18.4 Å². The van der Waals surface area contributed by atoms with Gasteiger partial charge in [-0.05, 0) is 38.1 Å². The molecule has 18 heavy (non-hydrogen) atoms. The van der Waals surface area contributed by atoms with E-state index in [0.717, 1.165) is 37.9 Å². The highest BCUT2D eigenvalue weighted by Gasteiger charge is 2.30. The molecule has 2 aliphatic carbocycles. The number of nitrogens with zero attached hydrogens (tertiary/aromatic N) is 2. The van der Waals surface area contributed by atoms with Crippen molar-refractivity contribution in [3.05, 3.63) is 11.6 Å². The number of aromatic amines is 1. The summed E-state index contributed by atoms with van der Waals surface area (Å²) in [6.07, 6.45) is 5.53. The van der Waals surface area contributed by atoms with Gasteiger partial charge in [-0.1, -0.05) is 6.42 Å². The minimum atomic E-state index is -0.177. The van der Waals surface area contributed by atoms with Crippen LogP contribution in [0.25, 0.3) is 0 Å². The van der Waals surface area contributed by atoms with Gasteiger partial charge in [0.05, 0.1) is 0 Å². The molecule has 0 aromatic carbocycles. The van der Waals surface area contributed by atoms with Crippen LogP contribution in [-0.4, -0.2) is 33.7 Å². The highest BCUT2D eigenvalue weighted by molar-refractivity contribution is 5.90. The summed E-state index contributed by atoms with van der Waals surface area (Å²) in [5, 5.41) is 9.85. The van der Waals surface area contributed by atoms with E-state index in [2.05, 4.69) is 20.5 Å². The first kappa shape index (κ1) is 11.6. The highest BCUT2D eigenvalue weighted by atomic mass is 16.2. The van der Waals surface area contributed by atoms with E-state index in [1.54, 1.807) is 0 Å². The maximum atomic E-state index is 12.0. The molecule has 0 bridgehead atoms. The van der Waals surface area contributed by atoms with Gasteiger partial charge in [0, 0.05) is 12.0 Å². The van der Waals surface area contributed by atoms with Gasteiger partial charge < -0.3 is 11.1 Å². The van der Waals surface area contributed by atoms with Gasteiger partial charge >= 0.3 is 0 Å². The van der Waals surface area contributed by atoms with Crippen LogP contribution in [0.3, 0.4) is 0 Å². The zero-order chi connectivity index (χ0) is 12.5. The van der Waals surface area contributed by atoms with Crippen LogP contribution in [0.5, 0.6) is 0 Å². The summed E-state index contributed by atoms with van der Waals surface area (Å²) in [5.41, 5.74) is 5.70. The Morgan fingerprint density at radius 1 is 1.39 bits per heavy atom. The van der Waals surface area contributed by atoms with Crippen LogP contribution in [0.4, 0.5) is 0 Å². The van der Waals surface area contributed by atoms with Crippen LogP contribution >= 0.6 is 0 Å². The van der Waals surface area contributed by atoms with E-state index >= 15 is 0 Å². The van der Waals surface area contributed by atoms with E-state index < -0.39 is 0 Å². The fourth-order valence-corrected chi connectivity index (χ4v) is 2.66. The number of carbonyl (C=O) groups excluding carboxylic acids is 1. The zero-order valence-corrected chi connectivity index (χ0v) is 10.4. The third kappa shape index (κ3) is 2.25. The Hall–Kier alpha value is -1.43. The molecule has 0 radical (unpaired) electrons. The number of H-pyrrole nitrogens is 1. The van der Waals surface area contributed by atoms with Crippen LogP contribution < -0.4 is 11.1 Å². The van der Waals surface area contributed by atoms with Gasteiger partial charge in [0.2, 0.25) is 5.82 Å². The number of rotatable bonds is 4. The van der Waals surface area contributed by atoms with Crippen LogP contribution in [0.15, 0.2) is 0 Å². The van der Waals surface area contributed by atoms with Crippen molar-refractivity contribution in [2.24, 2.45) is 11.7 Å². The number of aromatic nitrogens is 3. The zero-order valence-electron chi connectivity index (χ0n) is 10.4. The first-order valence-corrected chi connectivity index (χ1v) is 6.71. The minimum Gasteiger partial charge on any atom is -0.346 e. The second kappa shape index (κ2) is 4.68. The number of nitrogens with two attached hydrogens (primary N) is 1. The number of carbonyl (C=O) groups is 1.